The Kier molecular flexibility index (Phi) is 7.12. The highest BCUT2D eigenvalue weighted by Crippen LogP contribution is 2.11. The Labute approximate surface area is 79.0 Å². The van der Waals surface area contributed by atoms with E-state index in [1.807, 2.05) is 13.8 Å². The molecule has 0 amide bonds. The van der Waals surface area contributed by atoms with E-state index >= 15 is 0 Å². The van der Waals surface area contributed by atoms with Gasteiger partial charge in [0.15, 0.2) is 0 Å². The molecule has 0 fully saturated rings. The van der Waals surface area contributed by atoms with Gasteiger partial charge in [0.2, 0.25) is 13.6 Å². The minimum absolute atomic E-state index is 0.125. The second kappa shape index (κ2) is 7.23. The summed E-state index contributed by atoms with van der Waals surface area (Å²) in [4.78, 5) is 10.00. The van der Waals surface area contributed by atoms with Crippen molar-refractivity contribution in [3.63, 3.8) is 0 Å². The van der Waals surface area contributed by atoms with Crippen LogP contribution in [0.15, 0.2) is 0 Å². The van der Waals surface area contributed by atoms with Crippen LogP contribution in [0.5, 0.6) is 0 Å². The summed E-state index contributed by atoms with van der Waals surface area (Å²) in [6.45, 7) is 4.41. The summed E-state index contributed by atoms with van der Waals surface area (Å²) in [7, 11) is 0. The van der Waals surface area contributed by atoms with Gasteiger partial charge in [0.05, 0.1) is 0 Å². The standard InChI is InChI=1S/C8H20NO4/c1-3-5-9(6-4-2,12-7-10)13-8-11/h10-11H,3-8H2,1-2H3/q+1. The lowest BCUT2D eigenvalue weighted by Gasteiger charge is -2.30. The summed E-state index contributed by atoms with van der Waals surface area (Å²) in [5, 5.41) is 17.4. The average molecular weight is 194 g/mol. The summed E-state index contributed by atoms with van der Waals surface area (Å²) in [5.41, 5.74) is 0. The maximum absolute atomic E-state index is 8.68. The maximum Gasteiger partial charge on any atom is 0.206 e. The molecule has 0 saturated heterocycles. The van der Waals surface area contributed by atoms with E-state index in [1.54, 1.807) is 0 Å². The van der Waals surface area contributed by atoms with Gasteiger partial charge in [0.25, 0.3) is 0 Å². The van der Waals surface area contributed by atoms with Crippen molar-refractivity contribution in [1.82, 2.24) is 0 Å². The topological polar surface area (TPSA) is 58.9 Å². The van der Waals surface area contributed by atoms with E-state index < -0.39 is 13.6 Å². The fourth-order valence-electron chi connectivity index (χ4n) is 1.30. The first kappa shape index (κ1) is 12.8. The quantitative estimate of drug-likeness (QED) is 0.333. The van der Waals surface area contributed by atoms with E-state index in [2.05, 4.69) is 0 Å². The molecule has 5 nitrogen and oxygen atoms in total. The summed E-state index contributed by atoms with van der Waals surface area (Å²) >= 11 is 0. The van der Waals surface area contributed by atoms with Gasteiger partial charge in [-0.2, -0.15) is 0 Å². The van der Waals surface area contributed by atoms with Gasteiger partial charge < -0.3 is 10.2 Å². The van der Waals surface area contributed by atoms with Crippen molar-refractivity contribution < 1.29 is 24.7 Å². The van der Waals surface area contributed by atoms with E-state index in [-0.39, 0.29) is 4.81 Å². The molecule has 5 heteroatoms. The summed E-state index contributed by atoms with van der Waals surface area (Å²) < 4.78 is 0. The van der Waals surface area contributed by atoms with E-state index in [0.717, 1.165) is 12.8 Å². The number of aliphatic hydroxyl groups excluding tert-OH is 2. The van der Waals surface area contributed by atoms with Gasteiger partial charge in [-0.25, -0.2) is 0 Å². The van der Waals surface area contributed by atoms with Crippen LogP contribution in [0.3, 0.4) is 0 Å². The molecule has 0 heterocycles. The molecular weight excluding hydrogens is 174 g/mol. The zero-order valence-corrected chi connectivity index (χ0v) is 8.40. The number of nitrogens with zero attached hydrogens (tertiary/aromatic N) is 1. The van der Waals surface area contributed by atoms with Crippen LogP contribution in [0.2, 0.25) is 0 Å². The average Bonchev–Trinajstić information content (AvgIpc) is 2.06. The predicted molar refractivity (Wildman–Crippen MR) is 46.9 cm³/mol. The number of quaternary nitrogens is 1. The van der Waals surface area contributed by atoms with Crippen molar-refractivity contribution in [2.75, 3.05) is 26.7 Å². The molecule has 0 rings (SSSR count). The number of hydrogen-bond donors (Lipinski definition) is 2. The third kappa shape index (κ3) is 4.54. The molecule has 0 unspecified atom stereocenters. The molecule has 0 aliphatic heterocycles. The minimum atomic E-state index is -0.403. The van der Waals surface area contributed by atoms with Gasteiger partial charge in [-0.1, -0.05) is 13.8 Å². The first-order valence-electron chi connectivity index (χ1n) is 4.62. The van der Waals surface area contributed by atoms with Crippen molar-refractivity contribution in [3.05, 3.63) is 0 Å². The predicted octanol–water partition coefficient (Wildman–Crippen LogP) is 0.386. The largest absolute Gasteiger partial charge is 0.366 e. The van der Waals surface area contributed by atoms with Crippen molar-refractivity contribution >= 4 is 0 Å². The molecule has 0 spiro atoms. The Bertz CT molecular complexity index is 91.2. The Hall–Kier alpha value is -0.200. The zero-order chi connectivity index (χ0) is 10.2. The van der Waals surface area contributed by atoms with Gasteiger partial charge in [-0.15, -0.1) is 9.68 Å². The lowest BCUT2D eigenvalue weighted by atomic mass is 10.4. The van der Waals surface area contributed by atoms with Crippen LogP contribution in [0.25, 0.3) is 0 Å². The van der Waals surface area contributed by atoms with Gasteiger partial charge in [-0.05, 0) is 17.7 Å². The SMILES string of the molecule is CCC[N+](CCC)(OCO)OCO. The first-order valence-corrected chi connectivity index (χ1v) is 4.62. The second-order valence-corrected chi connectivity index (χ2v) is 2.78. The van der Waals surface area contributed by atoms with Crippen molar-refractivity contribution in [1.29, 1.82) is 0 Å². The molecule has 0 atom stereocenters. The number of hydroxylamine groups is 4. The highest BCUT2D eigenvalue weighted by atomic mass is 17.0. The van der Waals surface area contributed by atoms with Crippen LogP contribution in [0, 0.1) is 0 Å². The highest BCUT2D eigenvalue weighted by Gasteiger charge is 2.30. The van der Waals surface area contributed by atoms with Gasteiger partial charge in [-0.3, -0.25) is 0 Å². The van der Waals surface area contributed by atoms with Crippen molar-refractivity contribution in [2.24, 2.45) is 0 Å². The first-order chi connectivity index (χ1) is 6.24. The third-order valence-corrected chi connectivity index (χ3v) is 1.71. The Morgan fingerprint density at radius 2 is 1.31 bits per heavy atom. The summed E-state index contributed by atoms with van der Waals surface area (Å²) in [5.74, 6) is 0. The minimum Gasteiger partial charge on any atom is -0.366 e. The number of aliphatic hydroxyl groups is 2. The number of hydrogen-bond acceptors (Lipinski definition) is 4. The molecule has 0 aliphatic rings. The van der Waals surface area contributed by atoms with Gasteiger partial charge in [0, 0.05) is 0 Å². The van der Waals surface area contributed by atoms with Crippen LogP contribution < -0.4 is 0 Å². The summed E-state index contributed by atoms with van der Waals surface area (Å²) in [6.07, 6.45) is 1.72. The molecule has 0 aromatic carbocycles. The van der Waals surface area contributed by atoms with Gasteiger partial charge in [0.1, 0.15) is 13.1 Å². The van der Waals surface area contributed by atoms with E-state index in [1.165, 1.54) is 0 Å². The van der Waals surface area contributed by atoms with Gasteiger partial charge >= 0.3 is 0 Å². The third-order valence-electron chi connectivity index (χ3n) is 1.71. The van der Waals surface area contributed by atoms with E-state index in [4.69, 9.17) is 19.9 Å². The monoisotopic (exact) mass is 194 g/mol. The zero-order valence-electron chi connectivity index (χ0n) is 8.40. The van der Waals surface area contributed by atoms with Crippen molar-refractivity contribution in [2.45, 2.75) is 26.7 Å². The Morgan fingerprint density at radius 1 is 0.923 bits per heavy atom. The molecule has 0 saturated carbocycles. The molecule has 13 heavy (non-hydrogen) atoms. The molecule has 0 radical (unpaired) electrons. The fraction of sp³-hybridized carbons (Fsp3) is 1.00. The normalized spacial score (nSPS) is 12.0. The molecule has 0 bridgehead atoms. The lowest BCUT2D eigenvalue weighted by Crippen LogP contribution is -2.49. The molecule has 80 valence electrons. The Morgan fingerprint density at radius 3 is 1.54 bits per heavy atom. The highest BCUT2D eigenvalue weighted by molar-refractivity contribution is 4.25. The van der Waals surface area contributed by atoms with Crippen LogP contribution >= 0.6 is 0 Å². The van der Waals surface area contributed by atoms with Crippen LogP contribution in [-0.4, -0.2) is 41.7 Å². The smallest absolute Gasteiger partial charge is 0.206 e. The molecule has 0 aromatic rings. The fourth-order valence-corrected chi connectivity index (χ4v) is 1.30. The molecule has 2 N–H and O–H groups in total. The summed E-state index contributed by atoms with van der Waals surface area (Å²) in [6, 6.07) is 0. The molecular formula is C8H20NO4+. The van der Waals surface area contributed by atoms with Crippen LogP contribution in [0.4, 0.5) is 0 Å². The van der Waals surface area contributed by atoms with Crippen LogP contribution in [-0.2, 0) is 9.68 Å². The Balaban J connectivity index is 4.19. The van der Waals surface area contributed by atoms with E-state index in [9.17, 15) is 0 Å². The number of rotatable bonds is 8. The lowest BCUT2D eigenvalue weighted by molar-refractivity contribution is -1.25. The van der Waals surface area contributed by atoms with Crippen LogP contribution in [0.1, 0.15) is 26.7 Å². The maximum atomic E-state index is 8.68. The van der Waals surface area contributed by atoms with E-state index in [0.29, 0.717) is 13.1 Å². The second-order valence-electron chi connectivity index (χ2n) is 2.78. The molecule has 0 aliphatic carbocycles. The molecule has 0 aromatic heterocycles. The van der Waals surface area contributed by atoms with Crippen molar-refractivity contribution in [3.8, 4) is 0 Å².